The number of phosphoric acid groups is 2. The van der Waals surface area contributed by atoms with Crippen LogP contribution in [-0.2, 0) is 55.8 Å². The molecule has 0 aliphatic carbocycles. The first-order chi connectivity index (χ1) is 43.2. The number of carbonyl (C=O) groups is 3. The Morgan fingerprint density at radius 2 is 0.596 bits per heavy atom. The lowest BCUT2D eigenvalue weighted by Crippen LogP contribution is -2.30. The molecule has 0 saturated heterocycles. The van der Waals surface area contributed by atoms with Crippen LogP contribution in [0.1, 0.15) is 265 Å². The minimum Gasteiger partial charge on any atom is -0.463 e. The molecule has 18 heteroatoms. The van der Waals surface area contributed by atoms with Crippen LogP contribution >= 0.6 is 15.6 Å². The Bertz CT molecular complexity index is 2060. The van der Waals surface area contributed by atoms with Crippen LogP contribution in [0, 0.1) is 0 Å². The number of hydrogen-bond acceptors (Lipinski definition) is 14. The van der Waals surface area contributed by atoms with Crippen LogP contribution in [0.5, 0.6) is 0 Å². The molecule has 0 aliphatic heterocycles. The normalized spacial score (nSPS) is 14.9. The van der Waals surface area contributed by atoms with E-state index in [9.17, 15) is 43.5 Å². The summed E-state index contributed by atoms with van der Waals surface area (Å²) in [4.78, 5) is 58.3. The second-order valence-corrected chi connectivity index (χ2v) is 25.5. The van der Waals surface area contributed by atoms with E-state index in [0.29, 0.717) is 19.3 Å². The summed E-state index contributed by atoms with van der Waals surface area (Å²) in [5, 5.41) is 20.5. The number of allylic oxidation sites excluding steroid dienone is 18. The zero-order valence-corrected chi connectivity index (χ0v) is 57.1. The third-order valence-electron chi connectivity index (χ3n) is 14.0. The number of hydrogen-bond donors (Lipinski definition) is 4. The van der Waals surface area contributed by atoms with Gasteiger partial charge < -0.3 is 34.2 Å². The highest BCUT2D eigenvalue weighted by atomic mass is 31.2. The molecular formula is C71H122O16P2. The zero-order valence-electron chi connectivity index (χ0n) is 55.3. The van der Waals surface area contributed by atoms with E-state index in [1.807, 2.05) is 0 Å². The number of phosphoric ester groups is 2. The Labute approximate surface area is 539 Å². The summed E-state index contributed by atoms with van der Waals surface area (Å²) in [5.74, 6) is -1.61. The molecule has 0 aromatic rings. The van der Waals surface area contributed by atoms with Crippen molar-refractivity contribution >= 4 is 33.6 Å². The van der Waals surface area contributed by atoms with Gasteiger partial charge >= 0.3 is 33.6 Å². The van der Waals surface area contributed by atoms with Gasteiger partial charge in [-0.05, 0) is 122 Å². The molecule has 16 nitrogen and oxygen atoms in total. The van der Waals surface area contributed by atoms with Crippen molar-refractivity contribution in [3.63, 3.8) is 0 Å². The molecule has 4 N–H and O–H groups in total. The molecule has 0 radical (unpaired) electrons. The Morgan fingerprint density at radius 1 is 0.326 bits per heavy atom. The highest BCUT2D eigenvalue weighted by molar-refractivity contribution is 7.47. The number of aliphatic hydroxyl groups excluding tert-OH is 2. The van der Waals surface area contributed by atoms with Crippen LogP contribution in [0.2, 0.25) is 0 Å². The summed E-state index contributed by atoms with van der Waals surface area (Å²) >= 11 is 0. The number of carbonyl (C=O) groups excluding carboxylic acids is 3. The second-order valence-electron chi connectivity index (χ2n) is 22.6. The number of rotatable bonds is 64. The van der Waals surface area contributed by atoms with E-state index < -0.39 is 91.5 Å². The van der Waals surface area contributed by atoms with Crippen molar-refractivity contribution in [2.24, 2.45) is 0 Å². The predicted octanol–water partition coefficient (Wildman–Crippen LogP) is 18.9. The van der Waals surface area contributed by atoms with Gasteiger partial charge in [0.15, 0.2) is 6.10 Å². The summed E-state index contributed by atoms with van der Waals surface area (Å²) in [6.07, 6.45) is 71.4. The molecule has 0 rings (SSSR count). The molecule has 0 aromatic heterocycles. The van der Waals surface area contributed by atoms with Crippen molar-refractivity contribution < 1.29 is 75.8 Å². The monoisotopic (exact) mass is 1290 g/mol. The molecule has 0 saturated carbocycles. The summed E-state index contributed by atoms with van der Waals surface area (Å²) in [7, 11) is -9.78. The molecule has 0 aromatic carbocycles. The highest BCUT2D eigenvalue weighted by Crippen LogP contribution is 2.45. The highest BCUT2D eigenvalue weighted by Gasteiger charge is 2.29. The first-order valence-electron chi connectivity index (χ1n) is 34.2. The van der Waals surface area contributed by atoms with E-state index in [1.165, 1.54) is 25.7 Å². The maximum Gasteiger partial charge on any atom is 0.472 e. The topological polar surface area (TPSA) is 231 Å². The molecule has 0 amide bonds. The maximum absolute atomic E-state index is 12.9. The third-order valence-corrected chi connectivity index (χ3v) is 15.9. The predicted molar refractivity (Wildman–Crippen MR) is 362 cm³/mol. The standard InChI is InChI=1S/C71H122O16P2/c1-4-7-10-13-16-19-22-25-27-29-30-31-32-33-34-36-38-40-42-45-48-51-54-57-69(74)81-60-66(72)61-83-88(77,78)84-62-67(73)63-85-89(79,80)86-65-68(87-71(76)59-56-53-50-47-44-39-24-21-18-15-12-9-6-3)64-82-70(75)58-55-52-49-46-43-41-37-35-28-26-23-20-17-14-11-8-5-2/h7-8,10-11,16-17,19-21,24-28,30-31,33-34,66-68,72-73H,4-6,9,12-15,18,22-23,29,32,35-65H2,1-3H3,(H,77,78)(H,79,80)/b10-7-,11-8-,19-16-,20-17-,24-21-,27-25-,28-26-,31-30-,34-33-. The molecule has 0 aliphatic rings. The van der Waals surface area contributed by atoms with Gasteiger partial charge in [0.2, 0.25) is 0 Å². The van der Waals surface area contributed by atoms with Gasteiger partial charge in [-0.25, -0.2) is 9.13 Å². The van der Waals surface area contributed by atoms with Crippen molar-refractivity contribution in [1.29, 1.82) is 0 Å². The van der Waals surface area contributed by atoms with Gasteiger partial charge in [-0.2, -0.15) is 0 Å². The van der Waals surface area contributed by atoms with E-state index in [0.717, 1.165) is 180 Å². The minimum absolute atomic E-state index is 0.0910. The number of unbranched alkanes of at least 4 members (excludes halogenated alkanes) is 23. The number of ether oxygens (including phenoxy) is 3. The lowest BCUT2D eigenvalue weighted by molar-refractivity contribution is -0.161. The molecule has 0 bridgehead atoms. The SMILES string of the molecule is CC/C=C\C/C=C\C/C=C\C/C=C\C/C=C\CCCCCCCCCC(=O)OCC(O)COP(=O)(O)OCC(O)COP(=O)(O)OCC(COC(=O)CCCCCCCCC/C=C\C/C=C\C/C=C\CC)OC(=O)CCCCCCC/C=C\CCCCCC. The Morgan fingerprint density at radius 3 is 0.955 bits per heavy atom. The Kier molecular flexibility index (Phi) is 61.6. The fourth-order valence-electron chi connectivity index (χ4n) is 8.78. The first-order valence-corrected chi connectivity index (χ1v) is 37.2. The second kappa shape index (κ2) is 64.3. The summed E-state index contributed by atoms with van der Waals surface area (Å²) in [6.45, 7) is 2.39. The van der Waals surface area contributed by atoms with E-state index in [1.54, 1.807) is 0 Å². The van der Waals surface area contributed by atoms with Crippen molar-refractivity contribution in [2.75, 3.05) is 39.6 Å². The smallest absolute Gasteiger partial charge is 0.463 e. The molecular weight excluding hydrogens is 1170 g/mol. The lowest BCUT2D eigenvalue weighted by atomic mass is 10.1. The first kappa shape index (κ1) is 85.2. The molecule has 5 unspecified atom stereocenters. The Hall–Kier alpha value is -3.79. The van der Waals surface area contributed by atoms with Crippen molar-refractivity contribution in [2.45, 2.75) is 283 Å². The van der Waals surface area contributed by atoms with Crippen LogP contribution in [0.25, 0.3) is 0 Å². The van der Waals surface area contributed by atoms with E-state index in [2.05, 4.69) is 130 Å². The molecule has 5 atom stereocenters. The van der Waals surface area contributed by atoms with E-state index in [-0.39, 0.29) is 19.3 Å². The van der Waals surface area contributed by atoms with Gasteiger partial charge in [-0.15, -0.1) is 0 Å². The fourth-order valence-corrected chi connectivity index (χ4v) is 10.4. The molecule has 0 fully saturated rings. The third kappa shape index (κ3) is 65.5. The van der Waals surface area contributed by atoms with Gasteiger partial charge in [0.05, 0.1) is 26.4 Å². The van der Waals surface area contributed by atoms with E-state index in [4.69, 9.17) is 32.3 Å². The van der Waals surface area contributed by atoms with Crippen LogP contribution in [0.15, 0.2) is 109 Å². The number of esters is 3. The summed E-state index contributed by atoms with van der Waals surface area (Å²) in [5.41, 5.74) is 0. The van der Waals surface area contributed by atoms with Crippen molar-refractivity contribution in [3.05, 3.63) is 109 Å². The minimum atomic E-state index is -4.93. The fraction of sp³-hybridized carbons (Fsp3) is 0.704. The van der Waals surface area contributed by atoms with Gasteiger partial charge in [0.1, 0.15) is 25.4 Å². The Balaban J connectivity index is 4.60. The van der Waals surface area contributed by atoms with Crippen molar-refractivity contribution in [3.8, 4) is 0 Å². The van der Waals surface area contributed by atoms with Crippen LogP contribution in [0.3, 0.4) is 0 Å². The van der Waals surface area contributed by atoms with Crippen molar-refractivity contribution in [1.82, 2.24) is 0 Å². The molecule has 0 heterocycles. The number of aliphatic hydroxyl groups is 2. The van der Waals surface area contributed by atoms with Gasteiger partial charge in [-0.1, -0.05) is 233 Å². The summed E-state index contributed by atoms with van der Waals surface area (Å²) < 4.78 is 60.8. The quantitative estimate of drug-likeness (QED) is 0.0146. The molecule has 512 valence electrons. The average molecular weight is 1290 g/mol. The van der Waals surface area contributed by atoms with Gasteiger partial charge in [-0.3, -0.25) is 32.5 Å². The zero-order chi connectivity index (χ0) is 65.3. The van der Waals surface area contributed by atoms with E-state index >= 15 is 0 Å². The average Bonchev–Trinajstić information content (AvgIpc) is 3.72. The molecule has 0 spiro atoms. The summed E-state index contributed by atoms with van der Waals surface area (Å²) in [6, 6.07) is 0. The lowest BCUT2D eigenvalue weighted by Gasteiger charge is -2.21. The van der Waals surface area contributed by atoms with Gasteiger partial charge in [0.25, 0.3) is 0 Å². The maximum atomic E-state index is 12.9. The van der Waals surface area contributed by atoms with Crippen LogP contribution < -0.4 is 0 Å². The largest absolute Gasteiger partial charge is 0.472 e. The van der Waals surface area contributed by atoms with Gasteiger partial charge in [0, 0.05) is 19.3 Å². The van der Waals surface area contributed by atoms with Crippen LogP contribution in [-0.4, -0.2) is 95.9 Å². The molecule has 89 heavy (non-hydrogen) atoms. The van der Waals surface area contributed by atoms with Crippen LogP contribution in [0.4, 0.5) is 0 Å².